The number of rotatable bonds is 8. The molecule has 0 aliphatic heterocycles. The Balaban J connectivity index is 1.93. The highest BCUT2D eigenvalue weighted by atomic mass is 16.5. The van der Waals surface area contributed by atoms with E-state index < -0.39 is 0 Å². The predicted molar refractivity (Wildman–Crippen MR) is 68.5 cm³/mol. The molecule has 0 saturated carbocycles. The maximum atomic E-state index is 5.61. The molecule has 0 aliphatic carbocycles. The first-order chi connectivity index (χ1) is 7.79. The normalized spacial score (nSPS) is 10.9. The number of unbranched alkanes of at least 4 members (excludes halogenated alkanes) is 2. The van der Waals surface area contributed by atoms with Gasteiger partial charge in [-0.3, -0.25) is 0 Å². The van der Waals surface area contributed by atoms with E-state index in [0.29, 0.717) is 0 Å². The summed E-state index contributed by atoms with van der Waals surface area (Å²) < 4.78 is 5.61. The molecule has 0 amide bonds. The zero-order chi connectivity index (χ0) is 11.6. The van der Waals surface area contributed by atoms with Gasteiger partial charge in [0.05, 0.1) is 6.61 Å². The van der Waals surface area contributed by atoms with Crippen LogP contribution in [0.25, 0.3) is 0 Å². The smallest absolute Gasteiger partial charge is 0.0716 e. The lowest BCUT2D eigenvalue weighted by atomic mass is 10.2. The zero-order valence-corrected chi connectivity index (χ0v) is 10.5. The number of hydrogen-bond donors (Lipinski definition) is 0. The lowest BCUT2D eigenvalue weighted by Crippen LogP contribution is -2.12. The monoisotopic (exact) mass is 221 g/mol. The van der Waals surface area contributed by atoms with Crippen molar-refractivity contribution in [2.75, 3.05) is 27.2 Å². The molecule has 1 aromatic carbocycles. The third-order valence-corrected chi connectivity index (χ3v) is 2.51. The predicted octanol–water partition coefficient (Wildman–Crippen LogP) is 2.94. The first kappa shape index (κ1) is 13.2. The molecule has 0 saturated heterocycles. The first-order valence-corrected chi connectivity index (χ1v) is 6.05. The fourth-order valence-corrected chi connectivity index (χ4v) is 1.57. The van der Waals surface area contributed by atoms with Crippen molar-refractivity contribution in [1.82, 2.24) is 4.90 Å². The van der Waals surface area contributed by atoms with Crippen molar-refractivity contribution in [3.05, 3.63) is 35.9 Å². The Morgan fingerprint density at radius 3 is 2.44 bits per heavy atom. The van der Waals surface area contributed by atoms with E-state index in [9.17, 15) is 0 Å². The molecule has 0 unspecified atom stereocenters. The second kappa shape index (κ2) is 8.31. The Morgan fingerprint density at radius 1 is 1.00 bits per heavy atom. The van der Waals surface area contributed by atoms with E-state index in [0.717, 1.165) is 13.2 Å². The minimum Gasteiger partial charge on any atom is -0.377 e. The van der Waals surface area contributed by atoms with Crippen LogP contribution in [0.2, 0.25) is 0 Å². The van der Waals surface area contributed by atoms with Crippen LogP contribution < -0.4 is 0 Å². The van der Waals surface area contributed by atoms with Gasteiger partial charge in [-0.1, -0.05) is 30.3 Å². The van der Waals surface area contributed by atoms with Crippen molar-refractivity contribution in [2.45, 2.75) is 25.9 Å². The van der Waals surface area contributed by atoms with Gasteiger partial charge >= 0.3 is 0 Å². The largest absolute Gasteiger partial charge is 0.377 e. The molecule has 0 heterocycles. The number of hydrogen-bond acceptors (Lipinski definition) is 2. The van der Waals surface area contributed by atoms with E-state index in [1.165, 1.54) is 31.4 Å². The molecular formula is C14H23NO. The lowest BCUT2D eigenvalue weighted by molar-refractivity contribution is 0.116. The van der Waals surface area contributed by atoms with Crippen LogP contribution in [0.3, 0.4) is 0 Å². The molecule has 16 heavy (non-hydrogen) atoms. The fraction of sp³-hybridized carbons (Fsp3) is 0.571. The van der Waals surface area contributed by atoms with Crippen LogP contribution in [-0.2, 0) is 11.3 Å². The molecule has 0 aliphatic rings. The van der Waals surface area contributed by atoms with Crippen LogP contribution in [0.5, 0.6) is 0 Å². The molecule has 0 N–H and O–H groups in total. The number of nitrogens with zero attached hydrogens (tertiary/aromatic N) is 1. The second-order valence-corrected chi connectivity index (χ2v) is 4.40. The molecule has 0 spiro atoms. The lowest BCUT2D eigenvalue weighted by Gasteiger charge is -2.08. The third kappa shape index (κ3) is 6.59. The van der Waals surface area contributed by atoms with Gasteiger partial charge in [0.1, 0.15) is 0 Å². The van der Waals surface area contributed by atoms with Gasteiger partial charge in [0.25, 0.3) is 0 Å². The van der Waals surface area contributed by atoms with Crippen molar-refractivity contribution in [2.24, 2.45) is 0 Å². The van der Waals surface area contributed by atoms with Gasteiger partial charge < -0.3 is 9.64 Å². The van der Waals surface area contributed by atoms with E-state index >= 15 is 0 Å². The molecule has 90 valence electrons. The van der Waals surface area contributed by atoms with Crippen molar-refractivity contribution in [3.63, 3.8) is 0 Å². The van der Waals surface area contributed by atoms with E-state index in [1.807, 2.05) is 6.07 Å². The Kier molecular flexibility index (Phi) is 6.86. The summed E-state index contributed by atoms with van der Waals surface area (Å²) >= 11 is 0. The molecule has 0 radical (unpaired) electrons. The minimum atomic E-state index is 0.745. The van der Waals surface area contributed by atoms with E-state index in [1.54, 1.807) is 0 Å². The summed E-state index contributed by atoms with van der Waals surface area (Å²) in [6, 6.07) is 10.3. The van der Waals surface area contributed by atoms with Gasteiger partial charge in [-0.25, -0.2) is 0 Å². The van der Waals surface area contributed by atoms with Crippen molar-refractivity contribution >= 4 is 0 Å². The molecule has 0 aromatic heterocycles. The second-order valence-electron chi connectivity index (χ2n) is 4.40. The van der Waals surface area contributed by atoms with Crippen molar-refractivity contribution < 1.29 is 4.74 Å². The van der Waals surface area contributed by atoms with Crippen LogP contribution in [0.15, 0.2) is 30.3 Å². The highest BCUT2D eigenvalue weighted by Crippen LogP contribution is 2.02. The molecule has 2 heteroatoms. The quantitative estimate of drug-likeness (QED) is 0.626. The summed E-state index contributed by atoms with van der Waals surface area (Å²) in [5.41, 5.74) is 1.26. The van der Waals surface area contributed by atoms with E-state index in [-0.39, 0.29) is 0 Å². The average Bonchev–Trinajstić information content (AvgIpc) is 2.29. The highest BCUT2D eigenvalue weighted by Gasteiger charge is 1.93. The molecule has 0 fully saturated rings. The van der Waals surface area contributed by atoms with Gasteiger partial charge in [0.2, 0.25) is 0 Å². The molecule has 1 aromatic rings. The Morgan fingerprint density at radius 2 is 1.75 bits per heavy atom. The maximum absolute atomic E-state index is 5.61. The molecule has 2 nitrogen and oxygen atoms in total. The maximum Gasteiger partial charge on any atom is 0.0716 e. The van der Waals surface area contributed by atoms with Crippen LogP contribution in [0.1, 0.15) is 24.8 Å². The summed E-state index contributed by atoms with van der Waals surface area (Å²) in [5.74, 6) is 0. The third-order valence-electron chi connectivity index (χ3n) is 2.51. The topological polar surface area (TPSA) is 12.5 Å². The van der Waals surface area contributed by atoms with Crippen molar-refractivity contribution in [3.8, 4) is 0 Å². The summed E-state index contributed by atoms with van der Waals surface area (Å²) in [6.07, 6.45) is 3.69. The van der Waals surface area contributed by atoms with Gasteiger partial charge in [-0.05, 0) is 45.5 Å². The number of benzene rings is 1. The Hall–Kier alpha value is -0.860. The summed E-state index contributed by atoms with van der Waals surface area (Å²) in [5, 5.41) is 0. The van der Waals surface area contributed by atoms with Gasteiger partial charge in [0, 0.05) is 6.61 Å². The summed E-state index contributed by atoms with van der Waals surface area (Å²) in [4.78, 5) is 2.23. The SMILES string of the molecule is CN(C)CCCCCOCc1ccccc1. The van der Waals surface area contributed by atoms with E-state index in [4.69, 9.17) is 4.74 Å². The van der Waals surface area contributed by atoms with Crippen LogP contribution >= 0.6 is 0 Å². The highest BCUT2D eigenvalue weighted by molar-refractivity contribution is 5.13. The Labute approximate surface area is 99.2 Å². The summed E-state index contributed by atoms with van der Waals surface area (Å²) in [6.45, 7) is 2.80. The van der Waals surface area contributed by atoms with Gasteiger partial charge in [-0.15, -0.1) is 0 Å². The van der Waals surface area contributed by atoms with E-state index in [2.05, 4.69) is 43.3 Å². The fourth-order valence-electron chi connectivity index (χ4n) is 1.57. The van der Waals surface area contributed by atoms with Gasteiger partial charge in [0.15, 0.2) is 0 Å². The van der Waals surface area contributed by atoms with Crippen LogP contribution in [0, 0.1) is 0 Å². The number of ether oxygens (including phenoxy) is 1. The van der Waals surface area contributed by atoms with Crippen LogP contribution in [0.4, 0.5) is 0 Å². The zero-order valence-electron chi connectivity index (χ0n) is 10.5. The molecule has 1 rings (SSSR count). The minimum absolute atomic E-state index is 0.745. The summed E-state index contributed by atoms with van der Waals surface area (Å²) in [7, 11) is 4.23. The van der Waals surface area contributed by atoms with Crippen molar-refractivity contribution in [1.29, 1.82) is 0 Å². The van der Waals surface area contributed by atoms with Crippen LogP contribution in [-0.4, -0.2) is 32.1 Å². The molecule has 0 atom stereocenters. The first-order valence-electron chi connectivity index (χ1n) is 6.05. The molecule has 0 bridgehead atoms. The molecular weight excluding hydrogens is 198 g/mol. The average molecular weight is 221 g/mol. The Bertz CT molecular complexity index is 259. The van der Waals surface area contributed by atoms with Gasteiger partial charge in [-0.2, -0.15) is 0 Å². The standard InChI is InChI=1S/C14H23NO/c1-15(2)11-7-4-8-12-16-13-14-9-5-3-6-10-14/h3,5-6,9-10H,4,7-8,11-13H2,1-2H3.